The number of carboxylic acids is 1. The van der Waals surface area contributed by atoms with Gasteiger partial charge in [0.25, 0.3) is 0 Å². The van der Waals surface area contributed by atoms with Gasteiger partial charge in [-0.3, -0.25) is 9.69 Å². The van der Waals surface area contributed by atoms with Gasteiger partial charge >= 0.3 is 12.0 Å². The fourth-order valence-electron chi connectivity index (χ4n) is 2.97. The Balaban J connectivity index is 2.03. The quantitative estimate of drug-likeness (QED) is 0.752. The average molecular weight is 303 g/mol. The summed E-state index contributed by atoms with van der Waals surface area (Å²) in [5, 5.41) is 12.2. The molecule has 1 saturated carbocycles. The number of carboxylic acid groups (broad SMARTS) is 1. The number of amides is 3. The van der Waals surface area contributed by atoms with Crippen LogP contribution in [-0.2, 0) is 15.3 Å². The van der Waals surface area contributed by atoms with Crippen LogP contribution in [0.4, 0.5) is 4.79 Å². The van der Waals surface area contributed by atoms with Crippen molar-refractivity contribution in [1.29, 1.82) is 0 Å². The number of hydrogen-bond donors (Lipinski definition) is 2. The Labute approximate surface area is 127 Å². The van der Waals surface area contributed by atoms with Crippen molar-refractivity contribution >= 4 is 18.4 Å². The number of rotatable bonds is 6. The van der Waals surface area contributed by atoms with E-state index in [0.717, 1.165) is 12.8 Å². The number of hydrogen-bond acceptors (Lipinski definition) is 3. The minimum Gasteiger partial charge on any atom is -0.478 e. The number of benzene rings is 1. The lowest BCUT2D eigenvalue weighted by atomic mass is 9.97. The smallest absolute Gasteiger partial charge is 0.355 e. The molecule has 116 valence electrons. The van der Waals surface area contributed by atoms with Crippen LogP contribution in [-0.4, -0.2) is 52.4 Å². The third-order valence-corrected chi connectivity index (χ3v) is 4.20. The predicted molar refractivity (Wildman–Crippen MR) is 76.8 cm³/mol. The van der Waals surface area contributed by atoms with E-state index in [-0.39, 0.29) is 18.6 Å². The normalized spacial score (nSPS) is 20.6. The van der Waals surface area contributed by atoms with E-state index in [2.05, 4.69) is 5.32 Å². The van der Waals surface area contributed by atoms with Crippen LogP contribution in [0, 0.1) is 0 Å². The van der Waals surface area contributed by atoms with Gasteiger partial charge in [0, 0.05) is 24.7 Å². The number of nitrogens with one attached hydrogen (secondary N) is 1. The molecular weight excluding hydrogens is 286 g/mol. The molecule has 2 N–H and O–H groups in total. The highest BCUT2D eigenvalue weighted by Gasteiger charge is 2.53. The molecule has 0 radical (unpaired) electrons. The minimum absolute atomic E-state index is 0.205. The summed E-state index contributed by atoms with van der Waals surface area (Å²) < 4.78 is 0. The first kappa shape index (κ1) is 14.4. The van der Waals surface area contributed by atoms with Crippen LogP contribution < -0.4 is 5.32 Å². The van der Waals surface area contributed by atoms with Crippen LogP contribution in [0.15, 0.2) is 30.3 Å². The van der Waals surface area contributed by atoms with Gasteiger partial charge in [-0.25, -0.2) is 9.59 Å². The first-order valence-corrected chi connectivity index (χ1v) is 7.19. The monoisotopic (exact) mass is 303 g/mol. The number of aliphatic carboxylic acids is 1. The molecule has 0 spiro atoms. The maximum atomic E-state index is 12.6. The second kappa shape index (κ2) is 5.32. The Morgan fingerprint density at radius 3 is 2.50 bits per heavy atom. The molecule has 3 rings (SSSR count). The zero-order valence-electron chi connectivity index (χ0n) is 11.9. The summed E-state index contributed by atoms with van der Waals surface area (Å²) in [7, 11) is 0. The SMILES string of the molecule is O=CNC(C(=O)O)(c1ccccc1)N1CCN(C2CC2)C1=O. The van der Waals surface area contributed by atoms with Crippen molar-refractivity contribution in [2.24, 2.45) is 0 Å². The number of carbonyl (C=O) groups excluding carboxylic acids is 2. The van der Waals surface area contributed by atoms with Crippen LogP contribution in [0.5, 0.6) is 0 Å². The Hall–Kier alpha value is -2.57. The fraction of sp³-hybridized carbons (Fsp3) is 0.400. The predicted octanol–water partition coefficient (Wildman–Crippen LogP) is 0.570. The fourth-order valence-corrected chi connectivity index (χ4v) is 2.97. The lowest BCUT2D eigenvalue weighted by Gasteiger charge is -2.37. The van der Waals surface area contributed by atoms with Crippen molar-refractivity contribution in [1.82, 2.24) is 15.1 Å². The van der Waals surface area contributed by atoms with E-state index in [0.29, 0.717) is 18.5 Å². The highest BCUT2D eigenvalue weighted by atomic mass is 16.4. The van der Waals surface area contributed by atoms with Crippen molar-refractivity contribution in [3.63, 3.8) is 0 Å². The second-order valence-corrected chi connectivity index (χ2v) is 5.50. The molecule has 1 aliphatic carbocycles. The number of nitrogens with zero attached hydrogens (tertiary/aromatic N) is 2. The highest BCUT2D eigenvalue weighted by molar-refractivity contribution is 5.90. The Morgan fingerprint density at radius 2 is 1.95 bits per heavy atom. The van der Waals surface area contributed by atoms with E-state index in [1.54, 1.807) is 35.2 Å². The molecule has 1 aromatic carbocycles. The highest BCUT2D eigenvalue weighted by Crippen LogP contribution is 2.35. The van der Waals surface area contributed by atoms with Crippen LogP contribution in [0.25, 0.3) is 0 Å². The Kier molecular flexibility index (Phi) is 3.48. The second-order valence-electron chi connectivity index (χ2n) is 5.50. The van der Waals surface area contributed by atoms with Crippen LogP contribution in [0.2, 0.25) is 0 Å². The van der Waals surface area contributed by atoms with Gasteiger partial charge in [-0.05, 0) is 12.8 Å². The summed E-state index contributed by atoms with van der Waals surface area (Å²) in [5.41, 5.74) is -1.52. The molecule has 2 aliphatic rings. The summed E-state index contributed by atoms with van der Waals surface area (Å²) >= 11 is 0. The van der Waals surface area contributed by atoms with Crippen molar-refractivity contribution in [3.8, 4) is 0 Å². The van der Waals surface area contributed by atoms with Crippen LogP contribution in [0.1, 0.15) is 18.4 Å². The molecule has 22 heavy (non-hydrogen) atoms. The summed E-state index contributed by atoms with van der Waals surface area (Å²) in [4.78, 5) is 38.6. The molecular formula is C15H17N3O4. The molecule has 3 amide bonds. The van der Waals surface area contributed by atoms with Gasteiger partial charge in [-0.15, -0.1) is 0 Å². The van der Waals surface area contributed by atoms with Crippen LogP contribution in [0.3, 0.4) is 0 Å². The number of urea groups is 1. The van der Waals surface area contributed by atoms with Gasteiger partial charge in [0.05, 0.1) is 0 Å². The molecule has 1 unspecified atom stereocenters. The van der Waals surface area contributed by atoms with Gasteiger partial charge < -0.3 is 15.3 Å². The van der Waals surface area contributed by atoms with Crippen molar-refractivity contribution in [2.45, 2.75) is 24.5 Å². The summed E-state index contributed by atoms with van der Waals surface area (Å²) in [6, 6.07) is 8.16. The van der Waals surface area contributed by atoms with Crippen LogP contribution >= 0.6 is 0 Å². The largest absolute Gasteiger partial charge is 0.478 e. The van der Waals surface area contributed by atoms with Gasteiger partial charge in [0.1, 0.15) is 0 Å². The molecule has 7 heteroatoms. The topological polar surface area (TPSA) is 89.9 Å². The molecule has 7 nitrogen and oxygen atoms in total. The lowest BCUT2D eigenvalue weighted by molar-refractivity contribution is -0.154. The molecule has 1 atom stereocenters. The number of carbonyl (C=O) groups is 3. The van der Waals surface area contributed by atoms with E-state index >= 15 is 0 Å². The minimum atomic E-state index is -1.87. The molecule has 2 fully saturated rings. The Bertz CT molecular complexity index is 602. The summed E-state index contributed by atoms with van der Waals surface area (Å²) in [6.07, 6.45) is 2.23. The zero-order chi connectivity index (χ0) is 15.7. The molecule has 0 bridgehead atoms. The van der Waals surface area contributed by atoms with E-state index in [9.17, 15) is 19.5 Å². The van der Waals surface area contributed by atoms with Gasteiger partial charge in [-0.2, -0.15) is 0 Å². The van der Waals surface area contributed by atoms with E-state index in [1.165, 1.54) is 4.90 Å². The van der Waals surface area contributed by atoms with Gasteiger partial charge in [0.2, 0.25) is 12.1 Å². The Morgan fingerprint density at radius 1 is 1.27 bits per heavy atom. The van der Waals surface area contributed by atoms with E-state index in [1.807, 2.05) is 0 Å². The first-order chi connectivity index (χ1) is 10.6. The average Bonchev–Trinajstić information content (AvgIpc) is 3.29. The van der Waals surface area contributed by atoms with Gasteiger partial charge in [-0.1, -0.05) is 30.3 Å². The summed E-state index contributed by atoms with van der Waals surface area (Å²) in [5.74, 6) is -1.28. The molecule has 1 heterocycles. The maximum Gasteiger partial charge on any atom is 0.355 e. The van der Waals surface area contributed by atoms with Crippen molar-refractivity contribution in [3.05, 3.63) is 35.9 Å². The molecule has 0 aromatic heterocycles. The molecule has 1 aliphatic heterocycles. The first-order valence-electron chi connectivity index (χ1n) is 7.19. The summed E-state index contributed by atoms with van der Waals surface area (Å²) in [6.45, 7) is 0.739. The standard InChI is InChI=1S/C15H17N3O4/c19-10-16-15(13(20)21,11-4-2-1-3-5-11)18-9-8-17(14(18)22)12-6-7-12/h1-5,10,12H,6-9H2,(H,16,19)(H,20,21). The van der Waals surface area contributed by atoms with Gasteiger partial charge in [0.15, 0.2) is 0 Å². The molecule has 1 saturated heterocycles. The molecule has 1 aromatic rings. The third-order valence-electron chi connectivity index (χ3n) is 4.20. The van der Waals surface area contributed by atoms with E-state index < -0.39 is 11.6 Å². The lowest BCUT2D eigenvalue weighted by Crippen LogP contribution is -2.62. The van der Waals surface area contributed by atoms with Crippen molar-refractivity contribution in [2.75, 3.05) is 13.1 Å². The maximum absolute atomic E-state index is 12.6. The van der Waals surface area contributed by atoms with Crippen molar-refractivity contribution < 1.29 is 19.5 Å². The van der Waals surface area contributed by atoms with E-state index in [4.69, 9.17) is 0 Å². The zero-order valence-corrected chi connectivity index (χ0v) is 11.9. The third kappa shape index (κ3) is 2.09.